The first kappa shape index (κ1) is 20.9. The van der Waals surface area contributed by atoms with Crippen LogP contribution in [0.5, 0.6) is 5.75 Å². The van der Waals surface area contributed by atoms with Gasteiger partial charge in [0.25, 0.3) is 11.1 Å². The number of benzene rings is 2. The number of hydrogen-bond donors (Lipinski definition) is 0. The van der Waals surface area contributed by atoms with Gasteiger partial charge in [0.2, 0.25) is 5.91 Å². The molecule has 158 valence electrons. The number of thioether (sulfide) groups is 1. The zero-order chi connectivity index (χ0) is 22.0. The molecular weight excluding hydrogens is 418 g/mol. The maximum absolute atomic E-state index is 13.0. The Kier molecular flexibility index (Phi) is 5.93. The molecule has 0 spiro atoms. The normalized spacial score (nSPS) is 17.7. The fraction of sp³-hybridized carbons (Fsp3) is 0.273. The van der Waals surface area contributed by atoms with Crippen LogP contribution >= 0.6 is 11.8 Å². The minimum Gasteiger partial charge on any atom is -0.472 e. The average Bonchev–Trinajstić information content (AvgIpc) is 3.13. The summed E-state index contributed by atoms with van der Waals surface area (Å²) in [4.78, 5) is 40.1. The predicted molar refractivity (Wildman–Crippen MR) is 112 cm³/mol. The lowest BCUT2D eigenvalue weighted by molar-refractivity contribution is -0.137. The monoisotopic (exact) mass is 437 g/mol. The number of nitriles is 1. The molecule has 2 aromatic carbocycles. The number of ether oxygens (including phenoxy) is 2. The second-order valence-corrected chi connectivity index (χ2v) is 8.06. The molecule has 0 N–H and O–H groups in total. The first-order valence-electron chi connectivity index (χ1n) is 9.63. The Hall–Kier alpha value is -3.35. The van der Waals surface area contributed by atoms with Crippen LogP contribution in [0.15, 0.2) is 48.5 Å². The quantitative estimate of drug-likeness (QED) is 0.684. The molecule has 2 atom stereocenters. The number of hydrogen-bond acceptors (Lipinski definition) is 7. The summed E-state index contributed by atoms with van der Waals surface area (Å²) in [6.07, 6.45) is -0.878. The molecule has 0 aliphatic carbocycles. The molecule has 2 unspecified atom stereocenters. The smallest absolute Gasteiger partial charge is 0.291 e. The Morgan fingerprint density at radius 3 is 2.65 bits per heavy atom. The first-order valence-corrected chi connectivity index (χ1v) is 10.6. The highest BCUT2D eigenvalue weighted by atomic mass is 32.2. The standard InChI is InChI=1S/C22H19N3O5S/c1-14(24-13-30-18-8-7-15(10-23)9-17(18)20(24)27)11-29-21(16-5-3-2-4-6-16)25-19(26)12-31-22(25)28/h2-9,14,21H,11-13H2,1H3. The summed E-state index contributed by atoms with van der Waals surface area (Å²) in [5, 5.41) is 8.74. The molecule has 3 amide bonds. The van der Waals surface area contributed by atoms with Gasteiger partial charge in [-0.15, -0.1) is 0 Å². The van der Waals surface area contributed by atoms with Crippen LogP contribution in [0.3, 0.4) is 0 Å². The average molecular weight is 437 g/mol. The van der Waals surface area contributed by atoms with E-state index in [1.807, 2.05) is 12.1 Å². The molecule has 1 saturated heterocycles. The van der Waals surface area contributed by atoms with Crippen LogP contribution < -0.4 is 4.74 Å². The topological polar surface area (TPSA) is 99.9 Å². The van der Waals surface area contributed by atoms with Crippen molar-refractivity contribution >= 4 is 28.8 Å². The van der Waals surface area contributed by atoms with Gasteiger partial charge in [-0.3, -0.25) is 14.4 Å². The van der Waals surface area contributed by atoms with Gasteiger partial charge in [0.05, 0.1) is 35.6 Å². The highest BCUT2D eigenvalue weighted by molar-refractivity contribution is 8.14. The molecule has 0 saturated carbocycles. The summed E-state index contributed by atoms with van der Waals surface area (Å²) in [5.74, 6) is -0.0698. The Morgan fingerprint density at radius 1 is 1.19 bits per heavy atom. The molecule has 2 aliphatic rings. The number of carbonyl (C=O) groups excluding carboxylic acids is 3. The predicted octanol–water partition coefficient (Wildman–Crippen LogP) is 3.15. The van der Waals surface area contributed by atoms with Crippen molar-refractivity contribution in [1.29, 1.82) is 5.26 Å². The van der Waals surface area contributed by atoms with Crippen molar-refractivity contribution in [2.24, 2.45) is 0 Å². The van der Waals surface area contributed by atoms with Gasteiger partial charge in [-0.05, 0) is 25.1 Å². The van der Waals surface area contributed by atoms with Crippen molar-refractivity contribution in [3.63, 3.8) is 0 Å². The van der Waals surface area contributed by atoms with Crippen LogP contribution in [0, 0.1) is 11.3 Å². The summed E-state index contributed by atoms with van der Waals surface area (Å²) in [6.45, 7) is 1.91. The molecule has 1 fully saturated rings. The highest BCUT2D eigenvalue weighted by Gasteiger charge is 2.38. The zero-order valence-electron chi connectivity index (χ0n) is 16.7. The summed E-state index contributed by atoms with van der Waals surface area (Å²) < 4.78 is 11.7. The molecule has 9 heteroatoms. The van der Waals surface area contributed by atoms with Crippen LogP contribution in [-0.4, -0.2) is 52.0 Å². The van der Waals surface area contributed by atoms with Crippen LogP contribution in [0.2, 0.25) is 0 Å². The van der Waals surface area contributed by atoms with Crippen molar-refractivity contribution in [3.05, 3.63) is 65.2 Å². The van der Waals surface area contributed by atoms with Gasteiger partial charge in [-0.1, -0.05) is 42.1 Å². The number of imide groups is 1. The molecule has 4 rings (SSSR count). The van der Waals surface area contributed by atoms with E-state index >= 15 is 0 Å². The van der Waals surface area contributed by atoms with E-state index in [2.05, 4.69) is 0 Å². The molecule has 2 aromatic rings. The molecule has 0 radical (unpaired) electrons. The summed E-state index contributed by atoms with van der Waals surface area (Å²) in [6, 6.07) is 15.3. The molecule has 8 nitrogen and oxygen atoms in total. The van der Waals surface area contributed by atoms with Gasteiger partial charge in [0.15, 0.2) is 13.0 Å². The molecule has 2 heterocycles. The van der Waals surface area contributed by atoms with E-state index in [4.69, 9.17) is 14.7 Å². The van der Waals surface area contributed by atoms with Gasteiger partial charge >= 0.3 is 0 Å². The minimum absolute atomic E-state index is 0.0374. The van der Waals surface area contributed by atoms with E-state index in [0.29, 0.717) is 22.4 Å². The third-order valence-electron chi connectivity index (χ3n) is 5.09. The van der Waals surface area contributed by atoms with Crippen molar-refractivity contribution in [3.8, 4) is 11.8 Å². The second kappa shape index (κ2) is 8.79. The Bertz CT molecular complexity index is 1050. The highest BCUT2D eigenvalue weighted by Crippen LogP contribution is 2.32. The zero-order valence-corrected chi connectivity index (χ0v) is 17.5. The van der Waals surface area contributed by atoms with Gasteiger partial charge in [-0.2, -0.15) is 5.26 Å². The fourth-order valence-corrected chi connectivity index (χ4v) is 4.14. The second-order valence-electron chi connectivity index (χ2n) is 7.13. The number of amides is 3. The largest absolute Gasteiger partial charge is 0.472 e. The lowest BCUT2D eigenvalue weighted by atomic mass is 10.1. The Balaban J connectivity index is 1.51. The Morgan fingerprint density at radius 2 is 1.97 bits per heavy atom. The number of nitrogens with zero attached hydrogens (tertiary/aromatic N) is 3. The van der Waals surface area contributed by atoms with Crippen LogP contribution in [0.1, 0.15) is 34.6 Å². The maximum atomic E-state index is 13.0. The lowest BCUT2D eigenvalue weighted by Crippen LogP contribution is -2.47. The van der Waals surface area contributed by atoms with E-state index in [1.165, 1.54) is 11.0 Å². The molecule has 2 aliphatic heterocycles. The third-order valence-corrected chi connectivity index (χ3v) is 5.93. The van der Waals surface area contributed by atoms with Gasteiger partial charge in [0.1, 0.15) is 5.75 Å². The van der Waals surface area contributed by atoms with Gasteiger partial charge in [-0.25, -0.2) is 4.90 Å². The van der Waals surface area contributed by atoms with Crippen LogP contribution in [0.4, 0.5) is 4.79 Å². The van der Waals surface area contributed by atoms with Crippen LogP contribution in [0.25, 0.3) is 0 Å². The summed E-state index contributed by atoms with van der Waals surface area (Å²) >= 11 is 0.941. The van der Waals surface area contributed by atoms with E-state index < -0.39 is 12.3 Å². The number of fused-ring (bicyclic) bond motifs is 1. The van der Waals surface area contributed by atoms with Crippen LogP contribution in [-0.2, 0) is 9.53 Å². The van der Waals surface area contributed by atoms with E-state index in [0.717, 1.165) is 16.7 Å². The third kappa shape index (κ3) is 4.13. The number of carbonyl (C=O) groups is 3. The summed E-state index contributed by atoms with van der Waals surface area (Å²) in [5.41, 5.74) is 1.36. The lowest BCUT2D eigenvalue weighted by Gasteiger charge is -2.35. The summed E-state index contributed by atoms with van der Waals surface area (Å²) in [7, 11) is 0. The molecule has 31 heavy (non-hydrogen) atoms. The van der Waals surface area contributed by atoms with Crippen molar-refractivity contribution in [1.82, 2.24) is 9.80 Å². The molecular formula is C22H19N3O5S. The van der Waals surface area contributed by atoms with Gasteiger partial charge in [0, 0.05) is 5.56 Å². The van der Waals surface area contributed by atoms with E-state index in [9.17, 15) is 14.4 Å². The SMILES string of the molecule is CC(COC(c1ccccc1)N1C(=O)CSC1=O)N1COc2ccc(C#N)cc2C1=O. The molecule has 0 aromatic heterocycles. The van der Waals surface area contributed by atoms with Gasteiger partial charge < -0.3 is 14.4 Å². The van der Waals surface area contributed by atoms with E-state index in [-0.39, 0.29) is 36.1 Å². The molecule has 0 bridgehead atoms. The minimum atomic E-state index is -0.878. The van der Waals surface area contributed by atoms with Crippen molar-refractivity contribution < 1.29 is 23.9 Å². The van der Waals surface area contributed by atoms with Crippen molar-refractivity contribution in [2.45, 2.75) is 19.2 Å². The maximum Gasteiger partial charge on any atom is 0.291 e. The number of rotatable bonds is 6. The van der Waals surface area contributed by atoms with E-state index in [1.54, 1.807) is 43.3 Å². The fourth-order valence-electron chi connectivity index (χ4n) is 3.42. The first-order chi connectivity index (χ1) is 15.0. The Labute approximate surface area is 183 Å². The van der Waals surface area contributed by atoms with Crippen molar-refractivity contribution in [2.75, 3.05) is 19.1 Å².